The lowest BCUT2D eigenvalue weighted by atomic mass is 10.0. The molecule has 1 radical (unpaired) electrons. The zero-order valence-corrected chi connectivity index (χ0v) is 16.1. The van der Waals surface area contributed by atoms with Gasteiger partial charge in [-0.2, -0.15) is 0 Å². The maximum Gasteiger partial charge on any atom is 0.249 e. The summed E-state index contributed by atoms with van der Waals surface area (Å²) in [5.74, 6) is -0.408. The third-order valence-electron chi connectivity index (χ3n) is 5.28. The van der Waals surface area contributed by atoms with Gasteiger partial charge in [-0.15, -0.1) is 0 Å². The van der Waals surface area contributed by atoms with Crippen molar-refractivity contribution in [3.05, 3.63) is 77.6 Å². The number of carbonyl (C=O) groups excluding carboxylic acids is 1. The van der Waals surface area contributed by atoms with E-state index < -0.39 is 5.91 Å². The van der Waals surface area contributed by atoms with Crippen LogP contribution < -0.4 is 5.73 Å². The SMILES string of the molecule is CCCCCc1c[c]c2c3c(C(N)=O)cccc3n(Cc3ccncc3)c2c1. The summed E-state index contributed by atoms with van der Waals surface area (Å²) in [6.07, 6.45) is 8.26. The van der Waals surface area contributed by atoms with Crippen LogP contribution in [0.2, 0.25) is 0 Å². The first-order valence-corrected chi connectivity index (χ1v) is 9.83. The van der Waals surface area contributed by atoms with Crippen LogP contribution in [0.1, 0.15) is 47.7 Å². The molecule has 4 nitrogen and oxygen atoms in total. The molecule has 0 spiro atoms. The number of hydrogen-bond donors (Lipinski definition) is 1. The van der Waals surface area contributed by atoms with E-state index in [9.17, 15) is 4.79 Å². The number of nitrogens with zero attached hydrogens (tertiary/aromatic N) is 2. The van der Waals surface area contributed by atoms with E-state index in [0.29, 0.717) is 12.1 Å². The smallest absolute Gasteiger partial charge is 0.249 e. The minimum absolute atomic E-state index is 0.408. The maximum atomic E-state index is 12.1. The van der Waals surface area contributed by atoms with Gasteiger partial charge in [-0.05, 0) is 60.4 Å². The van der Waals surface area contributed by atoms with E-state index in [-0.39, 0.29) is 0 Å². The number of aryl methyl sites for hydroxylation is 1. The highest BCUT2D eigenvalue weighted by molar-refractivity contribution is 6.17. The Kier molecular flexibility index (Phi) is 5.11. The molecule has 0 saturated carbocycles. The molecule has 0 bridgehead atoms. The summed E-state index contributed by atoms with van der Waals surface area (Å²) in [6.45, 7) is 2.92. The number of carbonyl (C=O) groups is 1. The third kappa shape index (κ3) is 3.38. The van der Waals surface area contributed by atoms with Gasteiger partial charge in [0.1, 0.15) is 0 Å². The molecule has 1 amide bonds. The summed E-state index contributed by atoms with van der Waals surface area (Å²) in [4.78, 5) is 16.2. The predicted molar refractivity (Wildman–Crippen MR) is 113 cm³/mol. The number of fused-ring (bicyclic) bond motifs is 3. The highest BCUT2D eigenvalue weighted by Crippen LogP contribution is 2.33. The standard InChI is InChI=1S/C24H24N3O/c1-2-3-4-6-17-9-10-19-22(15-17)27(16-18-11-13-26-14-12-18)21-8-5-7-20(23(19)21)24(25)28/h5,7-9,11-15H,2-4,6,16H2,1H3,(H2,25,28). The number of hydrogen-bond acceptors (Lipinski definition) is 2. The molecule has 4 aromatic rings. The molecule has 0 aliphatic rings. The average molecular weight is 370 g/mol. The van der Waals surface area contributed by atoms with Crippen molar-refractivity contribution in [3.8, 4) is 0 Å². The molecule has 0 aliphatic heterocycles. The molecule has 4 rings (SSSR count). The molecule has 4 heteroatoms. The quantitative estimate of drug-likeness (QED) is 0.472. The molecule has 0 atom stereocenters. The highest BCUT2D eigenvalue weighted by Gasteiger charge is 2.17. The number of pyridine rings is 1. The van der Waals surface area contributed by atoms with Crippen LogP contribution in [0.4, 0.5) is 0 Å². The number of primary amides is 1. The molecule has 0 saturated heterocycles. The van der Waals surface area contributed by atoms with Crippen LogP contribution >= 0.6 is 0 Å². The summed E-state index contributed by atoms with van der Waals surface area (Å²) in [5.41, 5.74) is 10.8. The molecular weight excluding hydrogens is 346 g/mol. The largest absolute Gasteiger partial charge is 0.366 e. The fourth-order valence-electron chi connectivity index (χ4n) is 3.87. The van der Waals surface area contributed by atoms with Crippen molar-refractivity contribution in [3.63, 3.8) is 0 Å². The van der Waals surface area contributed by atoms with E-state index in [2.05, 4.69) is 34.7 Å². The van der Waals surface area contributed by atoms with Gasteiger partial charge in [-0.3, -0.25) is 9.78 Å². The predicted octanol–water partition coefficient (Wildman–Crippen LogP) is 4.87. The van der Waals surface area contributed by atoms with Gasteiger partial charge in [0.15, 0.2) is 0 Å². The number of nitrogens with two attached hydrogens (primary N) is 1. The molecule has 2 N–H and O–H groups in total. The molecule has 2 aromatic carbocycles. The Balaban J connectivity index is 1.92. The zero-order valence-electron chi connectivity index (χ0n) is 16.1. The monoisotopic (exact) mass is 370 g/mol. The zero-order chi connectivity index (χ0) is 19.5. The number of benzene rings is 2. The van der Waals surface area contributed by atoms with Crippen molar-refractivity contribution in [1.82, 2.24) is 9.55 Å². The third-order valence-corrected chi connectivity index (χ3v) is 5.28. The Morgan fingerprint density at radius 1 is 1.11 bits per heavy atom. The van der Waals surface area contributed by atoms with Gasteiger partial charge in [-0.1, -0.05) is 31.9 Å². The highest BCUT2D eigenvalue weighted by atomic mass is 16.1. The normalized spacial score (nSPS) is 11.3. The lowest BCUT2D eigenvalue weighted by molar-refractivity contribution is 0.100. The summed E-state index contributed by atoms with van der Waals surface area (Å²) >= 11 is 0. The van der Waals surface area contributed by atoms with Crippen LogP contribution in [-0.2, 0) is 13.0 Å². The van der Waals surface area contributed by atoms with Gasteiger partial charge in [0, 0.05) is 35.3 Å². The lowest BCUT2D eigenvalue weighted by Crippen LogP contribution is -2.11. The van der Waals surface area contributed by atoms with Gasteiger partial charge in [0.2, 0.25) is 5.91 Å². The van der Waals surface area contributed by atoms with E-state index in [0.717, 1.165) is 33.8 Å². The molecule has 2 aromatic heterocycles. The first kappa shape index (κ1) is 18.2. The van der Waals surface area contributed by atoms with E-state index in [1.807, 2.05) is 24.3 Å². The fraction of sp³-hybridized carbons (Fsp3) is 0.250. The summed E-state index contributed by atoms with van der Waals surface area (Å²) in [5, 5.41) is 1.84. The number of aromatic nitrogens is 2. The Labute approximate surface area is 165 Å². The molecule has 141 valence electrons. The van der Waals surface area contributed by atoms with Crippen LogP contribution in [0.25, 0.3) is 21.8 Å². The van der Waals surface area contributed by atoms with E-state index in [4.69, 9.17) is 5.73 Å². The number of unbranched alkanes of at least 4 members (excludes halogenated alkanes) is 2. The molecular formula is C24H24N3O. The van der Waals surface area contributed by atoms with E-state index in [1.165, 1.54) is 24.8 Å². The van der Waals surface area contributed by atoms with E-state index in [1.54, 1.807) is 18.5 Å². The Morgan fingerprint density at radius 2 is 1.93 bits per heavy atom. The molecule has 28 heavy (non-hydrogen) atoms. The summed E-state index contributed by atoms with van der Waals surface area (Å²) < 4.78 is 2.26. The maximum absolute atomic E-state index is 12.1. The Bertz CT molecular complexity index is 1130. The lowest BCUT2D eigenvalue weighted by Gasteiger charge is -2.09. The van der Waals surface area contributed by atoms with Crippen LogP contribution in [0.15, 0.2) is 54.9 Å². The second kappa shape index (κ2) is 7.85. The van der Waals surface area contributed by atoms with Crippen molar-refractivity contribution in [2.45, 2.75) is 39.2 Å². The average Bonchev–Trinajstić information content (AvgIpc) is 3.02. The minimum atomic E-state index is -0.408. The minimum Gasteiger partial charge on any atom is -0.366 e. The molecule has 2 heterocycles. The van der Waals surface area contributed by atoms with Crippen LogP contribution in [0, 0.1) is 6.07 Å². The van der Waals surface area contributed by atoms with Crippen LogP contribution in [0.3, 0.4) is 0 Å². The van der Waals surface area contributed by atoms with Gasteiger partial charge in [0.05, 0.1) is 11.0 Å². The van der Waals surface area contributed by atoms with Crippen molar-refractivity contribution in [1.29, 1.82) is 0 Å². The number of amides is 1. The van der Waals surface area contributed by atoms with Crippen molar-refractivity contribution in [2.75, 3.05) is 0 Å². The fourth-order valence-corrected chi connectivity index (χ4v) is 3.87. The summed E-state index contributed by atoms with van der Waals surface area (Å²) in [6, 6.07) is 17.5. The first-order valence-electron chi connectivity index (χ1n) is 9.83. The summed E-state index contributed by atoms with van der Waals surface area (Å²) in [7, 11) is 0. The van der Waals surface area contributed by atoms with Gasteiger partial charge >= 0.3 is 0 Å². The van der Waals surface area contributed by atoms with Gasteiger partial charge in [0.25, 0.3) is 0 Å². The van der Waals surface area contributed by atoms with Crippen molar-refractivity contribution >= 4 is 27.7 Å². The first-order chi connectivity index (χ1) is 13.7. The molecule has 0 unspecified atom stereocenters. The Hall–Kier alpha value is -3.14. The van der Waals surface area contributed by atoms with Crippen molar-refractivity contribution in [2.24, 2.45) is 5.73 Å². The second-order valence-electron chi connectivity index (χ2n) is 7.23. The van der Waals surface area contributed by atoms with Gasteiger partial charge in [-0.25, -0.2) is 0 Å². The van der Waals surface area contributed by atoms with Crippen LogP contribution in [-0.4, -0.2) is 15.5 Å². The van der Waals surface area contributed by atoms with Gasteiger partial charge < -0.3 is 10.3 Å². The topological polar surface area (TPSA) is 60.9 Å². The Morgan fingerprint density at radius 3 is 2.68 bits per heavy atom. The molecule has 0 fully saturated rings. The second-order valence-corrected chi connectivity index (χ2v) is 7.23. The van der Waals surface area contributed by atoms with E-state index >= 15 is 0 Å². The number of rotatable bonds is 7. The van der Waals surface area contributed by atoms with Crippen molar-refractivity contribution < 1.29 is 4.79 Å². The molecule has 0 aliphatic carbocycles. The van der Waals surface area contributed by atoms with Crippen LogP contribution in [0.5, 0.6) is 0 Å².